The Labute approximate surface area is 840 Å². The van der Waals surface area contributed by atoms with Crippen LogP contribution in [0.25, 0.3) is 154 Å². The maximum Gasteiger partial charge on any atom is 0.0540 e. The van der Waals surface area contributed by atoms with Gasteiger partial charge in [-0.25, -0.2) is 0 Å². The molecule has 24 aromatic rings. The molecule has 0 N–H and O–H groups in total. The second kappa shape index (κ2) is 38.0. The zero-order chi connectivity index (χ0) is 96.9. The predicted molar refractivity (Wildman–Crippen MR) is 614 cm³/mol. The highest BCUT2D eigenvalue weighted by atomic mass is 15.2. The van der Waals surface area contributed by atoms with E-state index in [9.17, 15) is 0 Å². The summed E-state index contributed by atoms with van der Waals surface area (Å²) < 4.78 is 0. The Morgan fingerprint density at radius 2 is 0.378 bits per heavy atom. The Kier molecular flexibility index (Phi) is 23.8. The van der Waals surface area contributed by atoms with Gasteiger partial charge in [0, 0.05) is 55.7 Å². The molecule has 0 unspecified atom stereocenters. The second-order valence-electron chi connectivity index (χ2n) is 39.6. The minimum absolute atomic E-state index is 0.0120. The highest BCUT2D eigenvalue weighted by Gasteiger charge is 2.30. The number of rotatable bonds is 21. The van der Waals surface area contributed by atoms with Gasteiger partial charge >= 0.3 is 0 Å². The summed E-state index contributed by atoms with van der Waals surface area (Å²) in [5.41, 5.74) is 39.9. The smallest absolute Gasteiger partial charge is 0.0540 e. The SMILES string of the molecule is CC(C)c1ccc(N(c2cc(-c3ccccc3)cc(-c3ccccc3)c2)c2ccc3ccc4c(N(c5ccc(C(C)(C)C)cc5)c5cc(-c6ccccc6)cc(-c6ccccc6)c5)ccc5ccc2c3c54)cc1.Cc1cccc(C)c1N(c1cc(-c2ccccc2)cc(-c2ccccc2)c1)c1ccc2ccc3c(N(c4cc(-c5ccccc5)cc(-c5ccccc5)c4)c4c(C)cccc4C)ccc4ccc1c2c43. The molecule has 0 bridgehead atoms. The normalized spacial score (nSPS) is 11.6. The monoisotopic (exact) mass is 1830 g/mol. The summed E-state index contributed by atoms with van der Waals surface area (Å²) in [4.78, 5) is 10.0. The number of para-hydroxylation sites is 2. The predicted octanol–water partition coefficient (Wildman–Crippen LogP) is 40.0. The summed E-state index contributed by atoms with van der Waals surface area (Å²) in [7, 11) is 0. The van der Waals surface area contributed by atoms with E-state index < -0.39 is 0 Å². The fraction of sp³-hybridized carbons (Fsp3) is 0.0791. The average Bonchev–Trinajstić information content (AvgIpc) is 0.732. The topological polar surface area (TPSA) is 13.0 Å². The summed E-state index contributed by atoms with van der Waals surface area (Å²) in [5, 5.41) is 14.7. The lowest BCUT2D eigenvalue weighted by molar-refractivity contribution is 0.590. The molecule has 0 fully saturated rings. The van der Waals surface area contributed by atoms with Crippen molar-refractivity contribution >= 4 is 133 Å². The van der Waals surface area contributed by atoms with Gasteiger partial charge in [-0.3, -0.25) is 0 Å². The Morgan fingerprint density at radius 1 is 0.175 bits per heavy atom. The Morgan fingerprint density at radius 3 is 0.594 bits per heavy atom. The lowest BCUT2D eigenvalue weighted by Crippen LogP contribution is -2.14. The Bertz CT molecular complexity index is 8230. The summed E-state index contributed by atoms with van der Waals surface area (Å²) in [6, 6.07) is 184. The van der Waals surface area contributed by atoms with Gasteiger partial charge in [0.2, 0.25) is 0 Å². The van der Waals surface area contributed by atoms with Crippen molar-refractivity contribution in [2.75, 3.05) is 19.6 Å². The standard InChI is InChI=1S/C71H58N2.C68H52N2/c1-48(2)49-26-34-61(35-27-49)72(63-44-56(50-18-10-6-11-19-50)42-57(45-63)51-20-12-7-13-21-51)67-40-30-54-29-39-66-68(41-31-55-28-38-65(67)69(54)70(55)66)73(62-36-32-60(33-37-62)71(3,4)5)64-46-58(52-22-14-8-15-23-52)43-59(47-64)53-24-16-9-17-25-53;1-45-19-17-20-46(2)67(45)69(59-41-55(49-23-9-5-10-24-49)39-56(42-59)50-25-11-6-12-26-50)63-37-33-53-32-36-62-64(38-34-54-31-35-61(63)65(53)66(54)62)70(68-47(3)21-18-22-48(68)4)60-43-57(51-27-13-7-14-28-51)40-58(44-60)52-29-15-8-16-30-52/h6-48H,1-5H3;5-44H,1-4H3. The summed E-state index contributed by atoms with van der Waals surface area (Å²) in [6.07, 6.45) is 0. The lowest BCUT2D eigenvalue weighted by atomic mass is 9.87. The maximum absolute atomic E-state index is 2.53. The van der Waals surface area contributed by atoms with E-state index in [0.29, 0.717) is 5.92 Å². The van der Waals surface area contributed by atoms with Gasteiger partial charge in [-0.15, -0.1) is 0 Å². The molecule has 0 aliphatic rings. The van der Waals surface area contributed by atoms with Crippen LogP contribution in [0.4, 0.5) is 68.2 Å². The first kappa shape index (κ1) is 89.5. The van der Waals surface area contributed by atoms with E-state index in [1.807, 2.05) is 0 Å². The molecule has 4 nitrogen and oxygen atoms in total. The summed E-state index contributed by atoms with van der Waals surface area (Å²) in [6.45, 7) is 20.4. The molecule has 0 saturated carbocycles. The first-order valence-corrected chi connectivity index (χ1v) is 50.0. The average molecular weight is 1840 g/mol. The molecule has 0 aromatic heterocycles. The first-order valence-electron chi connectivity index (χ1n) is 50.0. The summed E-state index contributed by atoms with van der Waals surface area (Å²) in [5.74, 6) is 0.416. The van der Waals surface area contributed by atoms with Crippen LogP contribution in [0.2, 0.25) is 0 Å². The van der Waals surface area contributed by atoms with Crippen LogP contribution in [0.1, 0.15) is 73.9 Å². The fourth-order valence-corrected chi connectivity index (χ4v) is 21.7. The van der Waals surface area contributed by atoms with Gasteiger partial charge in [-0.05, 0) is 326 Å². The minimum Gasteiger partial charge on any atom is -0.310 e. The van der Waals surface area contributed by atoms with E-state index in [-0.39, 0.29) is 5.41 Å². The van der Waals surface area contributed by atoms with Gasteiger partial charge in [-0.2, -0.15) is 0 Å². The number of benzene rings is 24. The number of nitrogens with zero attached hydrogens (tertiary/aromatic N) is 4. The van der Waals surface area contributed by atoms with Crippen LogP contribution in [-0.4, -0.2) is 0 Å². The lowest BCUT2D eigenvalue weighted by Gasteiger charge is -2.32. The van der Waals surface area contributed by atoms with Gasteiger partial charge in [0.1, 0.15) is 0 Å². The van der Waals surface area contributed by atoms with E-state index >= 15 is 0 Å². The molecule has 686 valence electrons. The van der Waals surface area contributed by atoms with Gasteiger partial charge < -0.3 is 19.6 Å². The number of hydrogen-bond donors (Lipinski definition) is 0. The van der Waals surface area contributed by atoms with Gasteiger partial charge in [0.25, 0.3) is 0 Å². The zero-order valence-electron chi connectivity index (χ0n) is 82.2. The third-order valence-corrected chi connectivity index (χ3v) is 28.9. The van der Waals surface area contributed by atoms with Crippen LogP contribution in [-0.2, 0) is 5.41 Å². The Hall–Kier alpha value is -17.4. The molecule has 0 aliphatic carbocycles. The highest BCUT2D eigenvalue weighted by Crippen LogP contribution is 2.55. The molecular weight excluding hydrogens is 1730 g/mol. The maximum atomic E-state index is 2.53. The van der Waals surface area contributed by atoms with Gasteiger partial charge in [-0.1, -0.05) is 411 Å². The van der Waals surface area contributed by atoms with Crippen molar-refractivity contribution in [1.29, 1.82) is 0 Å². The molecule has 0 spiro atoms. The molecule has 0 saturated heterocycles. The Balaban J connectivity index is 0.000000159. The van der Waals surface area contributed by atoms with Crippen molar-refractivity contribution in [3.05, 3.63) is 531 Å². The van der Waals surface area contributed by atoms with E-state index in [2.05, 4.69) is 579 Å². The number of anilines is 12. The molecule has 0 aliphatic heterocycles. The third kappa shape index (κ3) is 17.3. The number of aryl methyl sites for hydroxylation is 4. The molecule has 143 heavy (non-hydrogen) atoms. The quantitative estimate of drug-likeness (QED) is 0.0665. The zero-order valence-corrected chi connectivity index (χ0v) is 82.2. The van der Waals surface area contributed by atoms with Crippen molar-refractivity contribution in [2.45, 2.75) is 73.6 Å². The second-order valence-corrected chi connectivity index (χ2v) is 39.6. The molecule has 4 heteroatoms. The third-order valence-electron chi connectivity index (χ3n) is 28.9. The van der Waals surface area contributed by atoms with E-state index in [1.165, 1.54) is 198 Å². The molecule has 0 atom stereocenters. The number of hydrogen-bond acceptors (Lipinski definition) is 4. The van der Waals surface area contributed by atoms with Crippen LogP contribution in [0.3, 0.4) is 0 Å². The van der Waals surface area contributed by atoms with Crippen LogP contribution >= 0.6 is 0 Å². The van der Waals surface area contributed by atoms with Crippen molar-refractivity contribution in [3.63, 3.8) is 0 Å². The van der Waals surface area contributed by atoms with Crippen LogP contribution in [0, 0.1) is 27.7 Å². The minimum atomic E-state index is 0.0120. The highest BCUT2D eigenvalue weighted by molar-refractivity contribution is 6.30. The van der Waals surface area contributed by atoms with E-state index in [0.717, 1.165) is 56.9 Å². The van der Waals surface area contributed by atoms with Crippen LogP contribution in [0.5, 0.6) is 0 Å². The van der Waals surface area contributed by atoms with Crippen molar-refractivity contribution in [2.24, 2.45) is 0 Å². The summed E-state index contributed by atoms with van der Waals surface area (Å²) >= 11 is 0. The van der Waals surface area contributed by atoms with Crippen LogP contribution < -0.4 is 19.6 Å². The van der Waals surface area contributed by atoms with Crippen molar-refractivity contribution < 1.29 is 0 Å². The van der Waals surface area contributed by atoms with E-state index in [1.54, 1.807) is 0 Å². The molecular formula is C139H110N4. The van der Waals surface area contributed by atoms with Crippen molar-refractivity contribution in [1.82, 2.24) is 0 Å². The molecule has 0 heterocycles. The molecule has 0 amide bonds. The van der Waals surface area contributed by atoms with Crippen LogP contribution in [0.15, 0.2) is 497 Å². The molecule has 24 rings (SSSR count). The molecule has 0 radical (unpaired) electrons. The van der Waals surface area contributed by atoms with E-state index in [4.69, 9.17) is 0 Å². The molecule has 24 aromatic carbocycles. The largest absolute Gasteiger partial charge is 0.310 e. The van der Waals surface area contributed by atoms with Gasteiger partial charge in [0.15, 0.2) is 0 Å². The van der Waals surface area contributed by atoms with Gasteiger partial charge in [0.05, 0.1) is 34.1 Å². The van der Waals surface area contributed by atoms with Crippen molar-refractivity contribution in [3.8, 4) is 89.0 Å². The first-order chi connectivity index (χ1) is 70.0. The fourth-order valence-electron chi connectivity index (χ4n) is 21.7.